The van der Waals surface area contributed by atoms with Crippen LogP contribution in [0, 0.1) is 0 Å². The Morgan fingerprint density at radius 2 is 1.33 bits per heavy atom. The topological polar surface area (TPSA) is 58.2 Å². The molecule has 3 aromatic rings. The van der Waals surface area contributed by atoms with Gasteiger partial charge in [0.25, 0.3) is 5.91 Å². The molecule has 0 radical (unpaired) electrons. The van der Waals surface area contributed by atoms with E-state index in [-0.39, 0.29) is 17.8 Å². The Kier molecular flexibility index (Phi) is 6.51. The number of aryl methyl sites for hydroxylation is 1. The van der Waals surface area contributed by atoms with Crippen molar-refractivity contribution in [3.63, 3.8) is 0 Å². The zero-order valence-corrected chi connectivity index (χ0v) is 15.9. The number of benzene rings is 3. The van der Waals surface area contributed by atoms with Crippen molar-refractivity contribution in [2.45, 2.75) is 19.0 Å². The number of alkyl halides is 3. The Morgan fingerprint density at radius 1 is 0.767 bits per heavy atom. The van der Waals surface area contributed by atoms with Gasteiger partial charge in [-0.25, -0.2) is 0 Å². The highest BCUT2D eigenvalue weighted by Crippen LogP contribution is 2.33. The van der Waals surface area contributed by atoms with Crippen LogP contribution < -0.4 is 10.6 Å². The lowest BCUT2D eigenvalue weighted by atomic mass is 10.1. The quantitative estimate of drug-likeness (QED) is 0.559. The monoisotopic (exact) mass is 412 g/mol. The largest absolute Gasteiger partial charge is 0.416 e. The molecular weight excluding hydrogens is 393 g/mol. The third-order valence-corrected chi connectivity index (χ3v) is 4.32. The van der Waals surface area contributed by atoms with Crippen LogP contribution in [0.25, 0.3) is 0 Å². The summed E-state index contributed by atoms with van der Waals surface area (Å²) in [6.45, 7) is 0. The highest BCUT2D eigenvalue weighted by Gasteiger charge is 2.31. The summed E-state index contributed by atoms with van der Waals surface area (Å²) in [7, 11) is 0. The van der Waals surface area contributed by atoms with Crippen LogP contribution in [0.15, 0.2) is 78.9 Å². The van der Waals surface area contributed by atoms with Crippen LogP contribution in [0.3, 0.4) is 0 Å². The Labute approximate surface area is 171 Å². The average Bonchev–Trinajstić information content (AvgIpc) is 2.73. The molecule has 0 atom stereocenters. The van der Waals surface area contributed by atoms with Crippen LogP contribution in [0.5, 0.6) is 0 Å². The maximum atomic E-state index is 13.3. The fourth-order valence-corrected chi connectivity index (χ4v) is 2.85. The molecule has 0 aliphatic heterocycles. The molecule has 3 rings (SSSR count). The van der Waals surface area contributed by atoms with Gasteiger partial charge >= 0.3 is 6.18 Å². The fraction of sp³-hybridized carbons (Fsp3) is 0.130. The maximum absolute atomic E-state index is 13.3. The minimum atomic E-state index is -4.63. The molecule has 0 saturated heterocycles. The molecule has 0 saturated carbocycles. The zero-order valence-electron chi connectivity index (χ0n) is 15.9. The van der Waals surface area contributed by atoms with Crippen molar-refractivity contribution >= 4 is 23.2 Å². The number of rotatable bonds is 6. The van der Waals surface area contributed by atoms with E-state index in [9.17, 15) is 22.8 Å². The number of halogens is 3. The van der Waals surface area contributed by atoms with E-state index < -0.39 is 23.6 Å². The molecule has 0 aliphatic carbocycles. The summed E-state index contributed by atoms with van der Waals surface area (Å²) in [5, 5.41) is 4.94. The summed E-state index contributed by atoms with van der Waals surface area (Å²) in [5.41, 5.74) is 0.200. The summed E-state index contributed by atoms with van der Waals surface area (Å²) >= 11 is 0. The van der Waals surface area contributed by atoms with Crippen LogP contribution in [0.4, 0.5) is 24.5 Å². The van der Waals surface area contributed by atoms with Gasteiger partial charge in [-0.3, -0.25) is 9.59 Å². The van der Waals surface area contributed by atoms with Crippen molar-refractivity contribution < 1.29 is 22.8 Å². The van der Waals surface area contributed by atoms with Crippen molar-refractivity contribution in [2.75, 3.05) is 10.6 Å². The van der Waals surface area contributed by atoms with E-state index in [0.29, 0.717) is 12.0 Å². The van der Waals surface area contributed by atoms with Gasteiger partial charge in [-0.05, 0) is 42.3 Å². The second-order valence-corrected chi connectivity index (χ2v) is 6.65. The highest BCUT2D eigenvalue weighted by molar-refractivity contribution is 6.04. The van der Waals surface area contributed by atoms with Crippen LogP contribution in [0.2, 0.25) is 0 Å². The Morgan fingerprint density at radius 3 is 1.93 bits per heavy atom. The second kappa shape index (κ2) is 9.26. The highest BCUT2D eigenvalue weighted by atomic mass is 19.4. The molecular formula is C23H19F3N2O2. The van der Waals surface area contributed by atoms with E-state index in [1.165, 1.54) is 6.07 Å². The fourth-order valence-electron chi connectivity index (χ4n) is 2.85. The minimum Gasteiger partial charge on any atom is -0.326 e. The molecule has 0 unspecified atom stereocenters. The van der Waals surface area contributed by atoms with Crippen molar-refractivity contribution in [1.29, 1.82) is 0 Å². The number of carbonyl (C=O) groups excluding carboxylic acids is 2. The summed E-state index contributed by atoms with van der Waals surface area (Å²) in [6.07, 6.45) is -4.05. The minimum absolute atomic E-state index is 0.0359. The van der Waals surface area contributed by atoms with E-state index in [0.717, 1.165) is 17.7 Å². The Hall–Kier alpha value is -3.61. The molecule has 0 bridgehead atoms. The summed E-state index contributed by atoms with van der Waals surface area (Å²) in [4.78, 5) is 24.5. The van der Waals surface area contributed by atoms with Gasteiger partial charge in [0.05, 0.1) is 5.56 Å². The number of hydrogen-bond acceptors (Lipinski definition) is 2. The predicted molar refractivity (Wildman–Crippen MR) is 109 cm³/mol. The molecule has 4 nitrogen and oxygen atoms in total. The van der Waals surface area contributed by atoms with E-state index in [1.54, 1.807) is 30.3 Å². The molecule has 7 heteroatoms. The van der Waals surface area contributed by atoms with E-state index >= 15 is 0 Å². The van der Waals surface area contributed by atoms with Gasteiger partial charge in [0.15, 0.2) is 0 Å². The van der Waals surface area contributed by atoms with Crippen molar-refractivity contribution in [1.82, 2.24) is 0 Å². The molecule has 3 aromatic carbocycles. The summed E-state index contributed by atoms with van der Waals surface area (Å²) in [6, 6.07) is 20.4. The Bertz CT molecular complexity index is 1020. The number of hydrogen-bond donors (Lipinski definition) is 2. The van der Waals surface area contributed by atoms with Gasteiger partial charge in [-0.2, -0.15) is 13.2 Å². The number of carbonyl (C=O) groups is 2. The average molecular weight is 412 g/mol. The number of amides is 2. The third kappa shape index (κ3) is 5.94. The van der Waals surface area contributed by atoms with E-state index in [4.69, 9.17) is 0 Å². The molecule has 0 aromatic heterocycles. The molecule has 0 heterocycles. The summed E-state index contributed by atoms with van der Waals surface area (Å²) < 4.78 is 39.9. The predicted octanol–water partition coefficient (Wildman–Crippen LogP) is 5.53. The van der Waals surface area contributed by atoms with Gasteiger partial charge < -0.3 is 10.6 Å². The van der Waals surface area contributed by atoms with Crippen molar-refractivity contribution in [2.24, 2.45) is 0 Å². The van der Waals surface area contributed by atoms with Crippen LogP contribution in [-0.4, -0.2) is 11.8 Å². The van der Waals surface area contributed by atoms with Gasteiger partial charge in [-0.1, -0.05) is 48.5 Å². The van der Waals surface area contributed by atoms with Crippen LogP contribution in [0.1, 0.15) is 27.9 Å². The normalized spacial score (nSPS) is 11.0. The molecule has 2 amide bonds. The number of nitrogens with one attached hydrogen (secondary N) is 2. The van der Waals surface area contributed by atoms with Crippen molar-refractivity contribution in [3.8, 4) is 0 Å². The van der Waals surface area contributed by atoms with Crippen LogP contribution in [-0.2, 0) is 17.4 Å². The molecule has 154 valence electrons. The molecule has 0 fully saturated rings. The zero-order chi connectivity index (χ0) is 21.6. The first-order valence-corrected chi connectivity index (χ1v) is 9.24. The first kappa shape index (κ1) is 21.1. The lowest BCUT2D eigenvalue weighted by molar-refractivity contribution is -0.137. The van der Waals surface area contributed by atoms with E-state index in [2.05, 4.69) is 10.6 Å². The smallest absolute Gasteiger partial charge is 0.326 e. The second-order valence-electron chi connectivity index (χ2n) is 6.65. The molecule has 0 aliphatic rings. The standard InChI is InChI=1S/C23H19F3N2O2/c24-23(25,26)18-13-19(27-21(29)12-11-16-7-3-1-4-8-16)15-20(14-18)28-22(30)17-9-5-2-6-10-17/h1-10,13-15H,11-12H2,(H,27,29)(H,28,30). The number of anilines is 2. The van der Waals surface area contributed by atoms with Gasteiger partial charge in [0.2, 0.25) is 5.91 Å². The summed E-state index contributed by atoms with van der Waals surface area (Å²) in [5.74, 6) is -0.963. The lowest BCUT2D eigenvalue weighted by Gasteiger charge is -2.14. The van der Waals surface area contributed by atoms with Gasteiger partial charge in [0, 0.05) is 23.4 Å². The Balaban J connectivity index is 1.75. The first-order valence-electron chi connectivity index (χ1n) is 9.24. The third-order valence-electron chi connectivity index (χ3n) is 4.32. The van der Waals surface area contributed by atoms with Gasteiger partial charge in [-0.15, -0.1) is 0 Å². The molecule has 0 spiro atoms. The first-order chi connectivity index (χ1) is 14.3. The van der Waals surface area contributed by atoms with Crippen molar-refractivity contribution in [3.05, 3.63) is 95.6 Å². The van der Waals surface area contributed by atoms with E-state index in [1.807, 2.05) is 30.3 Å². The van der Waals surface area contributed by atoms with Crippen LogP contribution >= 0.6 is 0 Å². The maximum Gasteiger partial charge on any atom is 0.416 e. The molecule has 30 heavy (non-hydrogen) atoms. The SMILES string of the molecule is O=C(CCc1ccccc1)Nc1cc(NC(=O)c2ccccc2)cc(C(F)(F)F)c1. The lowest BCUT2D eigenvalue weighted by Crippen LogP contribution is -2.16. The van der Waals surface area contributed by atoms with Gasteiger partial charge in [0.1, 0.15) is 0 Å². The molecule has 2 N–H and O–H groups in total.